The summed E-state index contributed by atoms with van der Waals surface area (Å²) in [6.07, 6.45) is 0.918. The highest BCUT2D eigenvalue weighted by Gasteiger charge is 2.11. The molecule has 1 unspecified atom stereocenters. The highest BCUT2D eigenvalue weighted by atomic mass is 16.6. The van der Waals surface area contributed by atoms with E-state index in [1.165, 1.54) is 29.8 Å². The molecule has 0 aliphatic heterocycles. The van der Waals surface area contributed by atoms with Crippen molar-refractivity contribution in [3.63, 3.8) is 0 Å². The molecule has 23 heavy (non-hydrogen) atoms. The van der Waals surface area contributed by atoms with Gasteiger partial charge in [0.05, 0.1) is 4.92 Å². The van der Waals surface area contributed by atoms with E-state index < -0.39 is 4.92 Å². The zero-order chi connectivity index (χ0) is 16.7. The van der Waals surface area contributed by atoms with Gasteiger partial charge in [-0.15, -0.1) is 0 Å². The van der Waals surface area contributed by atoms with Gasteiger partial charge in [0.15, 0.2) is 0 Å². The smallest absolute Gasteiger partial charge is 0.319 e. The molecule has 0 fully saturated rings. The Hall–Kier alpha value is -2.89. The fourth-order valence-electron chi connectivity index (χ4n) is 2.28. The van der Waals surface area contributed by atoms with Gasteiger partial charge in [0.1, 0.15) is 0 Å². The molecule has 0 aliphatic rings. The highest BCUT2D eigenvalue weighted by Crippen LogP contribution is 2.18. The summed E-state index contributed by atoms with van der Waals surface area (Å²) in [4.78, 5) is 22.0. The Balaban J connectivity index is 1.88. The number of amides is 2. The predicted octanol–water partition coefficient (Wildman–Crippen LogP) is 3.91. The number of rotatable bonds is 6. The van der Waals surface area contributed by atoms with Crippen LogP contribution in [0.5, 0.6) is 0 Å². The molecule has 2 N–H and O–H groups in total. The number of carbonyl (C=O) groups excluding carboxylic acids is 1. The quantitative estimate of drug-likeness (QED) is 0.626. The van der Waals surface area contributed by atoms with Crippen molar-refractivity contribution in [2.24, 2.45) is 0 Å². The summed E-state index contributed by atoms with van der Waals surface area (Å²) >= 11 is 0. The number of nitrogens with one attached hydrogen (secondary N) is 2. The number of nitro benzene ring substituents is 1. The summed E-state index contributed by atoms with van der Waals surface area (Å²) in [6, 6.07) is 15.4. The summed E-state index contributed by atoms with van der Waals surface area (Å²) in [7, 11) is 0. The lowest BCUT2D eigenvalue weighted by Gasteiger charge is -2.16. The molecule has 6 heteroatoms. The van der Waals surface area contributed by atoms with E-state index in [9.17, 15) is 14.9 Å². The topological polar surface area (TPSA) is 84.3 Å². The van der Waals surface area contributed by atoms with Crippen molar-refractivity contribution in [3.8, 4) is 0 Å². The van der Waals surface area contributed by atoms with Crippen LogP contribution in [-0.4, -0.2) is 17.5 Å². The molecular formula is C17H19N3O3. The van der Waals surface area contributed by atoms with Crippen molar-refractivity contribution in [3.05, 3.63) is 70.3 Å². The SMILES string of the molecule is CCC(CNC(=O)Nc1ccc([N+](=O)[O-])cc1)c1ccccc1. The van der Waals surface area contributed by atoms with Crippen LogP contribution in [0.25, 0.3) is 0 Å². The molecule has 0 saturated carbocycles. The third kappa shape index (κ3) is 4.81. The average molecular weight is 313 g/mol. The van der Waals surface area contributed by atoms with Gasteiger partial charge in [0.2, 0.25) is 0 Å². The van der Waals surface area contributed by atoms with Gasteiger partial charge in [-0.1, -0.05) is 37.3 Å². The van der Waals surface area contributed by atoms with Crippen LogP contribution in [0.4, 0.5) is 16.2 Å². The standard InChI is InChI=1S/C17H19N3O3/c1-2-13(14-6-4-3-5-7-14)12-18-17(21)19-15-8-10-16(11-9-15)20(22)23/h3-11,13H,2,12H2,1H3,(H2,18,19,21). The molecule has 0 saturated heterocycles. The number of non-ortho nitro benzene ring substituents is 1. The molecule has 1 atom stereocenters. The van der Waals surface area contributed by atoms with Crippen LogP contribution in [0.1, 0.15) is 24.8 Å². The van der Waals surface area contributed by atoms with Crippen LogP contribution in [0.3, 0.4) is 0 Å². The van der Waals surface area contributed by atoms with E-state index in [0.717, 1.165) is 6.42 Å². The molecule has 0 aliphatic carbocycles. The first kappa shape index (κ1) is 16.5. The minimum atomic E-state index is -0.477. The lowest BCUT2D eigenvalue weighted by Crippen LogP contribution is -2.32. The second-order valence-electron chi connectivity index (χ2n) is 5.15. The van der Waals surface area contributed by atoms with Gasteiger partial charge in [-0.05, 0) is 24.1 Å². The van der Waals surface area contributed by atoms with Gasteiger partial charge >= 0.3 is 6.03 Å². The number of nitrogens with zero attached hydrogens (tertiary/aromatic N) is 1. The fraction of sp³-hybridized carbons (Fsp3) is 0.235. The van der Waals surface area contributed by atoms with Gasteiger partial charge < -0.3 is 10.6 Å². The Bertz CT molecular complexity index is 657. The van der Waals surface area contributed by atoms with E-state index in [1.807, 2.05) is 30.3 Å². The first-order valence-electron chi connectivity index (χ1n) is 7.44. The second kappa shape index (κ2) is 7.93. The number of carbonyl (C=O) groups is 1. The molecule has 2 aromatic carbocycles. The van der Waals surface area contributed by atoms with Crippen molar-refractivity contribution in [1.82, 2.24) is 5.32 Å². The highest BCUT2D eigenvalue weighted by molar-refractivity contribution is 5.89. The summed E-state index contributed by atoms with van der Waals surface area (Å²) in [5.74, 6) is 0.249. The summed E-state index contributed by atoms with van der Waals surface area (Å²) < 4.78 is 0. The van der Waals surface area contributed by atoms with E-state index in [0.29, 0.717) is 12.2 Å². The second-order valence-corrected chi connectivity index (χ2v) is 5.15. The number of nitro groups is 1. The molecule has 6 nitrogen and oxygen atoms in total. The first-order chi connectivity index (χ1) is 11.1. The molecule has 0 heterocycles. The Labute approximate surface area is 134 Å². The van der Waals surface area contributed by atoms with Crippen LogP contribution in [-0.2, 0) is 0 Å². The normalized spacial score (nSPS) is 11.5. The van der Waals surface area contributed by atoms with Crippen molar-refractivity contribution in [2.45, 2.75) is 19.3 Å². The summed E-state index contributed by atoms with van der Waals surface area (Å²) in [5.41, 5.74) is 1.69. The first-order valence-corrected chi connectivity index (χ1v) is 7.44. The van der Waals surface area contributed by atoms with Gasteiger partial charge in [0, 0.05) is 30.3 Å². The number of benzene rings is 2. The van der Waals surface area contributed by atoms with Crippen LogP contribution < -0.4 is 10.6 Å². The Kier molecular flexibility index (Phi) is 5.68. The number of urea groups is 1. The van der Waals surface area contributed by atoms with Crippen molar-refractivity contribution >= 4 is 17.4 Å². The molecular weight excluding hydrogens is 294 g/mol. The largest absolute Gasteiger partial charge is 0.337 e. The molecule has 2 rings (SSSR count). The van der Waals surface area contributed by atoms with E-state index in [4.69, 9.17) is 0 Å². The molecule has 0 radical (unpaired) electrons. The zero-order valence-electron chi connectivity index (χ0n) is 12.9. The minimum absolute atomic E-state index is 0.00826. The lowest BCUT2D eigenvalue weighted by atomic mass is 9.97. The lowest BCUT2D eigenvalue weighted by molar-refractivity contribution is -0.384. The van der Waals surface area contributed by atoms with Crippen LogP contribution in [0.15, 0.2) is 54.6 Å². The minimum Gasteiger partial charge on any atom is -0.337 e. The Morgan fingerprint density at radius 1 is 1.13 bits per heavy atom. The maximum Gasteiger partial charge on any atom is 0.319 e. The van der Waals surface area contributed by atoms with Gasteiger partial charge in [-0.3, -0.25) is 10.1 Å². The zero-order valence-corrected chi connectivity index (χ0v) is 12.9. The molecule has 2 aromatic rings. The van der Waals surface area contributed by atoms with E-state index in [2.05, 4.69) is 17.6 Å². The van der Waals surface area contributed by atoms with Crippen LogP contribution in [0, 0.1) is 10.1 Å². The van der Waals surface area contributed by atoms with Crippen LogP contribution in [0.2, 0.25) is 0 Å². The third-order valence-electron chi connectivity index (χ3n) is 3.61. The van der Waals surface area contributed by atoms with E-state index >= 15 is 0 Å². The third-order valence-corrected chi connectivity index (χ3v) is 3.61. The number of hydrogen-bond donors (Lipinski definition) is 2. The number of anilines is 1. The molecule has 0 aromatic heterocycles. The molecule has 2 amide bonds. The van der Waals surface area contributed by atoms with Crippen molar-refractivity contribution in [2.75, 3.05) is 11.9 Å². The molecule has 0 spiro atoms. The van der Waals surface area contributed by atoms with E-state index in [-0.39, 0.29) is 17.6 Å². The van der Waals surface area contributed by atoms with E-state index in [1.54, 1.807) is 0 Å². The average Bonchev–Trinajstić information content (AvgIpc) is 2.57. The number of hydrogen-bond acceptors (Lipinski definition) is 3. The molecule has 0 bridgehead atoms. The van der Waals surface area contributed by atoms with Gasteiger partial charge in [0.25, 0.3) is 5.69 Å². The van der Waals surface area contributed by atoms with Crippen molar-refractivity contribution in [1.29, 1.82) is 0 Å². The fourth-order valence-corrected chi connectivity index (χ4v) is 2.28. The monoisotopic (exact) mass is 313 g/mol. The summed E-state index contributed by atoms with van der Waals surface area (Å²) in [5, 5.41) is 16.1. The maximum absolute atomic E-state index is 11.9. The Morgan fingerprint density at radius 3 is 2.35 bits per heavy atom. The van der Waals surface area contributed by atoms with Gasteiger partial charge in [-0.2, -0.15) is 0 Å². The molecule has 120 valence electrons. The van der Waals surface area contributed by atoms with Gasteiger partial charge in [-0.25, -0.2) is 4.79 Å². The maximum atomic E-state index is 11.9. The summed E-state index contributed by atoms with van der Waals surface area (Å²) in [6.45, 7) is 2.60. The predicted molar refractivity (Wildman–Crippen MR) is 89.6 cm³/mol. The van der Waals surface area contributed by atoms with Crippen molar-refractivity contribution < 1.29 is 9.72 Å². The Morgan fingerprint density at radius 2 is 1.78 bits per heavy atom. The van der Waals surface area contributed by atoms with Crippen LogP contribution >= 0.6 is 0 Å².